The van der Waals surface area contributed by atoms with Crippen LogP contribution in [0.1, 0.15) is 27.0 Å². The fourth-order valence-electron chi connectivity index (χ4n) is 2.60. The van der Waals surface area contributed by atoms with E-state index in [2.05, 4.69) is 4.99 Å². The van der Waals surface area contributed by atoms with E-state index in [0.29, 0.717) is 29.1 Å². The first-order valence-electron chi connectivity index (χ1n) is 7.31. The van der Waals surface area contributed by atoms with Gasteiger partial charge in [0.2, 0.25) is 0 Å². The molecule has 6 nitrogen and oxygen atoms in total. The van der Waals surface area contributed by atoms with Crippen LogP contribution >= 0.6 is 0 Å². The van der Waals surface area contributed by atoms with Crippen LogP contribution in [0.2, 0.25) is 0 Å². The van der Waals surface area contributed by atoms with Crippen LogP contribution in [0.3, 0.4) is 0 Å². The molecule has 0 unspecified atom stereocenters. The Morgan fingerprint density at radius 3 is 2.72 bits per heavy atom. The van der Waals surface area contributed by atoms with Gasteiger partial charge in [0.15, 0.2) is 5.96 Å². The Balaban J connectivity index is 2.12. The molecule has 124 valence electrons. The fraction of sp³-hybridized carbons (Fsp3) is 0.0556. The first-order valence-corrected chi connectivity index (χ1v) is 7.31. The lowest BCUT2D eigenvalue weighted by atomic mass is 9.91. The Labute approximate surface area is 142 Å². The highest BCUT2D eigenvalue weighted by Crippen LogP contribution is 2.36. The monoisotopic (exact) mass is 336 g/mol. The summed E-state index contributed by atoms with van der Waals surface area (Å²) in [5, 5.41) is 9.29. The standard InChI is InChI=1S/C18H13FN4O2/c19-12-2-3-13(11(7-12)9-20)14-5-6-25-16-4-1-10(8-15(14)16)17(24)23-18(21)22/h1-5,7-8H,6H2,(H4,21,22,23,24). The molecule has 0 saturated carbocycles. The summed E-state index contributed by atoms with van der Waals surface area (Å²) in [5.41, 5.74) is 12.8. The molecule has 2 aromatic carbocycles. The van der Waals surface area contributed by atoms with Crippen molar-refractivity contribution in [1.82, 2.24) is 0 Å². The molecule has 0 aliphatic carbocycles. The van der Waals surface area contributed by atoms with Crippen LogP contribution in [-0.2, 0) is 0 Å². The number of nitrogens with two attached hydrogens (primary N) is 2. The molecule has 4 N–H and O–H groups in total. The highest BCUT2D eigenvalue weighted by molar-refractivity contribution is 6.03. The molecule has 0 aromatic heterocycles. The summed E-state index contributed by atoms with van der Waals surface area (Å²) >= 11 is 0. The van der Waals surface area contributed by atoms with E-state index >= 15 is 0 Å². The molecule has 7 heteroatoms. The van der Waals surface area contributed by atoms with E-state index in [4.69, 9.17) is 16.2 Å². The summed E-state index contributed by atoms with van der Waals surface area (Å²) in [4.78, 5) is 15.6. The van der Waals surface area contributed by atoms with E-state index in [9.17, 15) is 14.4 Å². The highest BCUT2D eigenvalue weighted by atomic mass is 19.1. The number of fused-ring (bicyclic) bond motifs is 1. The van der Waals surface area contributed by atoms with E-state index in [0.717, 1.165) is 0 Å². The number of aliphatic imine (C=N–C) groups is 1. The predicted molar refractivity (Wildman–Crippen MR) is 90.3 cm³/mol. The fourth-order valence-corrected chi connectivity index (χ4v) is 2.60. The molecular formula is C18H13FN4O2. The van der Waals surface area contributed by atoms with Crippen LogP contribution in [0, 0.1) is 17.1 Å². The topological polar surface area (TPSA) is 114 Å². The summed E-state index contributed by atoms with van der Waals surface area (Å²) in [6.45, 7) is 0.297. The van der Waals surface area contributed by atoms with Gasteiger partial charge < -0.3 is 16.2 Å². The second-order valence-electron chi connectivity index (χ2n) is 5.28. The number of ether oxygens (including phenoxy) is 1. The summed E-state index contributed by atoms with van der Waals surface area (Å²) < 4.78 is 19.0. The average Bonchev–Trinajstić information content (AvgIpc) is 2.60. The minimum Gasteiger partial charge on any atom is -0.489 e. The van der Waals surface area contributed by atoms with Crippen molar-refractivity contribution >= 4 is 17.4 Å². The molecule has 0 bridgehead atoms. The van der Waals surface area contributed by atoms with Gasteiger partial charge in [-0.2, -0.15) is 10.3 Å². The third-order valence-corrected chi connectivity index (χ3v) is 3.67. The lowest BCUT2D eigenvalue weighted by Crippen LogP contribution is -2.24. The molecular weight excluding hydrogens is 323 g/mol. The van der Waals surface area contributed by atoms with Gasteiger partial charge in [-0.15, -0.1) is 0 Å². The van der Waals surface area contributed by atoms with Gasteiger partial charge in [0.25, 0.3) is 5.91 Å². The van der Waals surface area contributed by atoms with Gasteiger partial charge in [-0.05, 0) is 42.0 Å². The molecule has 0 atom stereocenters. The number of guanidine groups is 1. The number of hydrogen-bond donors (Lipinski definition) is 2. The normalized spacial score (nSPS) is 12.2. The summed E-state index contributed by atoms with van der Waals surface area (Å²) in [6, 6.07) is 10.7. The molecule has 1 amide bonds. The minimum atomic E-state index is -0.590. The number of hydrogen-bond acceptors (Lipinski definition) is 3. The van der Waals surface area contributed by atoms with Crippen molar-refractivity contribution in [2.24, 2.45) is 16.5 Å². The molecule has 0 radical (unpaired) electrons. The second-order valence-corrected chi connectivity index (χ2v) is 5.28. The van der Waals surface area contributed by atoms with Crippen LogP contribution in [0.5, 0.6) is 5.75 Å². The second kappa shape index (κ2) is 6.45. The quantitative estimate of drug-likeness (QED) is 0.642. The Morgan fingerprint density at radius 1 is 1.20 bits per heavy atom. The van der Waals surface area contributed by atoms with E-state index in [-0.39, 0.29) is 17.1 Å². The number of halogens is 1. The zero-order valence-corrected chi connectivity index (χ0v) is 13.0. The van der Waals surface area contributed by atoms with Crippen molar-refractivity contribution in [2.75, 3.05) is 6.61 Å². The molecule has 0 fully saturated rings. The van der Waals surface area contributed by atoms with Crippen molar-refractivity contribution in [3.05, 3.63) is 70.5 Å². The Morgan fingerprint density at radius 2 is 2.00 bits per heavy atom. The van der Waals surface area contributed by atoms with Crippen LogP contribution in [0.15, 0.2) is 47.5 Å². The van der Waals surface area contributed by atoms with Crippen molar-refractivity contribution in [3.8, 4) is 11.8 Å². The number of benzene rings is 2. The van der Waals surface area contributed by atoms with Crippen LogP contribution in [-0.4, -0.2) is 18.5 Å². The summed E-state index contributed by atoms with van der Waals surface area (Å²) in [5.74, 6) is -0.871. The van der Waals surface area contributed by atoms with Gasteiger partial charge in [-0.3, -0.25) is 4.79 Å². The van der Waals surface area contributed by atoms with Crippen LogP contribution in [0.25, 0.3) is 5.57 Å². The van der Waals surface area contributed by atoms with E-state index in [1.54, 1.807) is 24.3 Å². The van der Waals surface area contributed by atoms with E-state index in [1.165, 1.54) is 18.2 Å². The molecule has 1 aliphatic rings. The van der Waals surface area contributed by atoms with Crippen LogP contribution < -0.4 is 16.2 Å². The van der Waals surface area contributed by atoms with Gasteiger partial charge in [0.1, 0.15) is 18.2 Å². The highest BCUT2D eigenvalue weighted by Gasteiger charge is 2.20. The van der Waals surface area contributed by atoms with Gasteiger partial charge in [-0.25, -0.2) is 4.39 Å². The maximum atomic E-state index is 13.4. The number of nitrogens with zero attached hydrogens (tertiary/aromatic N) is 2. The lowest BCUT2D eigenvalue weighted by molar-refractivity contribution is 0.100. The summed E-state index contributed by atoms with van der Waals surface area (Å²) in [7, 11) is 0. The lowest BCUT2D eigenvalue weighted by Gasteiger charge is -2.20. The van der Waals surface area contributed by atoms with Crippen molar-refractivity contribution in [3.63, 3.8) is 0 Å². The van der Waals surface area contributed by atoms with Crippen molar-refractivity contribution in [2.45, 2.75) is 0 Å². The molecule has 25 heavy (non-hydrogen) atoms. The molecule has 1 aliphatic heterocycles. The molecule has 0 spiro atoms. The molecule has 0 saturated heterocycles. The van der Waals surface area contributed by atoms with Crippen LogP contribution in [0.4, 0.5) is 4.39 Å². The van der Waals surface area contributed by atoms with Gasteiger partial charge >= 0.3 is 0 Å². The maximum absolute atomic E-state index is 13.4. The number of nitriles is 1. The van der Waals surface area contributed by atoms with E-state index < -0.39 is 11.7 Å². The van der Waals surface area contributed by atoms with E-state index in [1.807, 2.05) is 6.07 Å². The minimum absolute atomic E-state index is 0.194. The number of amides is 1. The first-order chi connectivity index (χ1) is 12.0. The molecule has 2 aromatic rings. The zero-order valence-electron chi connectivity index (χ0n) is 13.0. The Hall–Kier alpha value is -3.66. The Kier molecular flexibility index (Phi) is 4.18. The zero-order chi connectivity index (χ0) is 18.0. The number of rotatable bonds is 2. The van der Waals surface area contributed by atoms with Gasteiger partial charge in [-0.1, -0.05) is 6.07 Å². The van der Waals surface area contributed by atoms with Crippen molar-refractivity contribution in [1.29, 1.82) is 5.26 Å². The number of carbonyl (C=O) groups is 1. The number of carbonyl (C=O) groups excluding carboxylic acids is 1. The van der Waals surface area contributed by atoms with Crippen molar-refractivity contribution < 1.29 is 13.9 Å². The predicted octanol–water partition coefficient (Wildman–Crippen LogP) is 1.94. The largest absolute Gasteiger partial charge is 0.489 e. The molecule has 1 heterocycles. The maximum Gasteiger partial charge on any atom is 0.280 e. The smallest absolute Gasteiger partial charge is 0.280 e. The first kappa shape index (κ1) is 16.2. The third-order valence-electron chi connectivity index (χ3n) is 3.67. The average molecular weight is 336 g/mol. The van der Waals surface area contributed by atoms with Gasteiger partial charge in [0, 0.05) is 16.7 Å². The summed E-state index contributed by atoms with van der Waals surface area (Å²) in [6.07, 6.45) is 1.77. The Bertz CT molecular complexity index is 970. The molecule has 3 rings (SSSR count). The SMILES string of the molecule is N#Cc1cc(F)ccc1C1=CCOc2ccc(C(=O)N=C(N)N)cc21. The third kappa shape index (κ3) is 3.19. The van der Waals surface area contributed by atoms with Gasteiger partial charge in [0.05, 0.1) is 11.6 Å².